The number of nitrogens with one attached hydrogen (secondary N) is 1. The van der Waals surface area contributed by atoms with Gasteiger partial charge in [-0.25, -0.2) is 4.79 Å². The number of pyridine rings is 1. The van der Waals surface area contributed by atoms with Gasteiger partial charge in [0.2, 0.25) is 0 Å². The first kappa shape index (κ1) is 20.7. The molecule has 1 atom stereocenters. The molecule has 2 aromatic carbocycles. The number of aromatic nitrogens is 1. The molecular weight excluding hydrogens is 390 g/mol. The van der Waals surface area contributed by atoms with E-state index in [1.807, 2.05) is 19.1 Å². The standard InChI is InChI=1S/C25H27N3O3/c1-3-31-21-6-4-5-19(14-21)28(2)20-9-10-22-17(13-20)7-8-18(22)15-27-24-16-26-12-11-23(24)25(29)30/h4-6,9-14,16,18,27H,3,7-8,15H2,1-2H3,(H,29,30)/t18-/m0/s1. The maximum Gasteiger partial charge on any atom is 0.337 e. The zero-order valence-electron chi connectivity index (χ0n) is 17.8. The maximum absolute atomic E-state index is 11.4. The summed E-state index contributed by atoms with van der Waals surface area (Å²) in [6, 6.07) is 16.2. The quantitative estimate of drug-likeness (QED) is 0.532. The van der Waals surface area contributed by atoms with Gasteiger partial charge < -0.3 is 20.1 Å². The summed E-state index contributed by atoms with van der Waals surface area (Å²) >= 11 is 0. The number of carboxylic acids is 1. The third kappa shape index (κ3) is 4.48. The van der Waals surface area contributed by atoms with Crippen LogP contribution in [0.2, 0.25) is 0 Å². The van der Waals surface area contributed by atoms with E-state index in [0.29, 0.717) is 24.8 Å². The Balaban J connectivity index is 1.48. The summed E-state index contributed by atoms with van der Waals surface area (Å²) in [6.45, 7) is 3.32. The zero-order chi connectivity index (χ0) is 21.8. The number of aryl methyl sites for hydroxylation is 1. The summed E-state index contributed by atoms with van der Waals surface area (Å²) in [4.78, 5) is 17.6. The van der Waals surface area contributed by atoms with Crippen molar-refractivity contribution in [3.8, 4) is 5.75 Å². The first-order valence-electron chi connectivity index (χ1n) is 10.6. The molecule has 0 saturated heterocycles. The second-order valence-corrected chi connectivity index (χ2v) is 7.72. The van der Waals surface area contributed by atoms with Gasteiger partial charge in [0.15, 0.2) is 0 Å². The van der Waals surface area contributed by atoms with Crippen molar-refractivity contribution in [1.82, 2.24) is 4.98 Å². The van der Waals surface area contributed by atoms with Crippen LogP contribution in [0.3, 0.4) is 0 Å². The lowest BCUT2D eigenvalue weighted by Gasteiger charge is -2.22. The number of rotatable bonds is 8. The number of carboxylic acid groups (broad SMARTS) is 1. The van der Waals surface area contributed by atoms with Gasteiger partial charge in [-0.2, -0.15) is 0 Å². The molecule has 1 heterocycles. The lowest BCUT2D eigenvalue weighted by molar-refractivity contribution is 0.0697. The predicted molar refractivity (Wildman–Crippen MR) is 123 cm³/mol. The average molecular weight is 418 g/mol. The molecule has 6 nitrogen and oxygen atoms in total. The topological polar surface area (TPSA) is 74.7 Å². The molecule has 0 spiro atoms. The third-order valence-corrected chi connectivity index (χ3v) is 5.82. The van der Waals surface area contributed by atoms with Gasteiger partial charge in [-0.3, -0.25) is 4.98 Å². The highest BCUT2D eigenvalue weighted by Gasteiger charge is 2.24. The van der Waals surface area contributed by atoms with Crippen LogP contribution >= 0.6 is 0 Å². The molecular formula is C25H27N3O3. The molecule has 3 aromatic rings. The largest absolute Gasteiger partial charge is 0.494 e. The maximum atomic E-state index is 11.4. The highest BCUT2D eigenvalue weighted by Crippen LogP contribution is 2.37. The van der Waals surface area contributed by atoms with E-state index in [2.05, 4.69) is 52.6 Å². The molecule has 0 bridgehead atoms. The van der Waals surface area contributed by atoms with Crippen LogP contribution in [0.25, 0.3) is 0 Å². The van der Waals surface area contributed by atoms with Crippen molar-refractivity contribution >= 4 is 23.0 Å². The fourth-order valence-corrected chi connectivity index (χ4v) is 4.17. The lowest BCUT2D eigenvalue weighted by Crippen LogP contribution is -2.13. The summed E-state index contributed by atoms with van der Waals surface area (Å²) in [7, 11) is 2.07. The number of ether oxygens (including phenoxy) is 1. The van der Waals surface area contributed by atoms with Crippen molar-refractivity contribution in [2.24, 2.45) is 0 Å². The summed E-state index contributed by atoms with van der Waals surface area (Å²) in [5.41, 5.74) is 5.71. The zero-order valence-corrected chi connectivity index (χ0v) is 17.8. The number of nitrogens with zero attached hydrogens (tertiary/aromatic N) is 2. The van der Waals surface area contributed by atoms with Crippen LogP contribution in [0.15, 0.2) is 60.9 Å². The van der Waals surface area contributed by atoms with Gasteiger partial charge in [0.05, 0.1) is 24.1 Å². The molecule has 1 aliphatic carbocycles. The molecule has 0 radical (unpaired) electrons. The van der Waals surface area contributed by atoms with Gasteiger partial charge in [-0.15, -0.1) is 0 Å². The van der Waals surface area contributed by atoms with Gasteiger partial charge in [-0.1, -0.05) is 12.1 Å². The van der Waals surface area contributed by atoms with Crippen molar-refractivity contribution < 1.29 is 14.6 Å². The van der Waals surface area contributed by atoms with Crippen molar-refractivity contribution in [1.29, 1.82) is 0 Å². The van der Waals surface area contributed by atoms with E-state index in [0.717, 1.165) is 30.0 Å². The predicted octanol–water partition coefficient (Wildman–Crippen LogP) is 5.09. The lowest BCUT2D eigenvalue weighted by atomic mass is 10.0. The van der Waals surface area contributed by atoms with E-state index >= 15 is 0 Å². The van der Waals surface area contributed by atoms with E-state index in [9.17, 15) is 9.90 Å². The molecule has 0 fully saturated rings. The van der Waals surface area contributed by atoms with Crippen LogP contribution in [0.5, 0.6) is 5.75 Å². The average Bonchev–Trinajstić information content (AvgIpc) is 3.20. The molecule has 6 heteroatoms. The molecule has 160 valence electrons. The van der Waals surface area contributed by atoms with Crippen molar-refractivity contribution in [2.45, 2.75) is 25.7 Å². The van der Waals surface area contributed by atoms with Gasteiger partial charge >= 0.3 is 5.97 Å². The van der Waals surface area contributed by atoms with Crippen LogP contribution in [0.4, 0.5) is 17.1 Å². The minimum absolute atomic E-state index is 0.250. The number of hydrogen-bond acceptors (Lipinski definition) is 5. The summed E-state index contributed by atoms with van der Waals surface area (Å²) in [5, 5.41) is 12.6. The van der Waals surface area contributed by atoms with E-state index in [4.69, 9.17) is 4.74 Å². The Morgan fingerprint density at radius 2 is 2.06 bits per heavy atom. The minimum atomic E-state index is -0.946. The summed E-state index contributed by atoms with van der Waals surface area (Å²) in [6.07, 6.45) is 5.13. The van der Waals surface area contributed by atoms with Gasteiger partial charge in [0.1, 0.15) is 5.75 Å². The first-order valence-corrected chi connectivity index (χ1v) is 10.6. The Kier molecular flexibility index (Phi) is 6.07. The van der Waals surface area contributed by atoms with Crippen LogP contribution in [-0.2, 0) is 6.42 Å². The van der Waals surface area contributed by atoms with E-state index < -0.39 is 5.97 Å². The van der Waals surface area contributed by atoms with Crippen LogP contribution in [0.1, 0.15) is 40.7 Å². The Labute approximate surface area is 182 Å². The van der Waals surface area contributed by atoms with Gasteiger partial charge in [-0.05, 0) is 61.2 Å². The smallest absolute Gasteiger partial charge is 0.337 e. The molecule has 4 rings (SSSR count). The summed E-state index contributed by atoms with van der Waals surface area (Å²) in [5.74, 6) is 0.269. The molecule has 0 unspecified atom stereocenters. The van der Waals surface area contributed by atoms with Crippen molar-refractivity contribution in [3.63, 3.8) is 0 Å². The van der Waals surface area contributed by atoms with Crippen molar-refractivity contribution in [3.05, 3.63) is 77.6 Å². The Morgan fingerprint density at radius 3 is 2.87 bits per heavy atom. The monoisotopic (exact) mass is 417 g/mol. The van der Waals surface area contributed by atoms with Crippen LogP contribution < -0.4 is 15.0 Å². The summed E-state index contributed by atoms with van der Waals surface area (Å²) < 4.78 is 5.63. The Hall–Kier alpha value is -3.54. The SMILES string of the molecule is CCOc1cccc(N(C)c2ccc3c(c2)CC[C@H]3CNc2cnccc2C(=O)O)c1. The second-order valence-electron chi connectivity index (χ2n) is 7.72. The number of hydrogen-bond donors (Lipinski definition) is 2. The fourth-order valence-electron chi connectivity index (χ4n) is 4.17. The number of fused-ring (bicyclic) bond motifs is 1. The first-order chi connectivity index (χ1) is 15.1. The molecule has 0 aliphatic heterocycles. The molecule has 31 heavy (non-hydrogen) atoms. The number of anilines is 3. The fraction of sp³-hybridized carbons (Fsp3) is 0.280. The molecule has 1 aromatic heterocycles. The highest BCUT2D eigenvalue weighted by atomic mass is 16.5. The molecule has 0 saturated carbocycles. The second kappa shape index (κ2) is 9.08. The van der Waals surface area contributed by atoms with E-state index in [1.54, 1.807) is 6.20 Å². The minimum Gasteiger partial charge on any atom is -0.494 e. The number of carbonyl (C=O) groups is 1. The van der Waals surface area contributed by atoms with Crippen molar-refractivity contribution in [2.75, 3.05) is 30.4 Å². The van der Waals surface area contributed by atoms with Crippen LogP contribution in [0, 0.1) is 0 Å². The number of benzene rings is 2. The normalized spacial score (nSPS) is 14.7. The Bertz CT molecular complexity index is 1080. The van der Waals surface area contributed by atoms with Gasteiger partial charge in [0, 0.05) is 43.1 Å². The van der Waals surface area contributed by atoms with E-state index in [1.165, 1.54) is 23.4 Å². The van der Waals surface area contributed by atoms with Crippen LogP contribution in [-0.4, -0.2) is 36.3 Å². The van der Waals surface area contributed by atoms with E-state index in [-0.39, 0.29) is 5.56 Å². The number of aromatic carboxylic acids is 1. The third-order valence-electron chi connectivity index (χ3n) is 5.82. The Morgan fingerprint density at radius 1 is 1.23 bits per heavy atom. The molecule has 1 aliphatic rings. The highest BCUT2D eigenvalue weighted by molar-refractivity contribution is 5.93. The molecule has 0 amide bonds. The van der Waals surface area contributed by atoms with Gasteiger partial charge in [0.25, 0.3) is 0 Å². The molecule has 2 N–H and O–H groups in total.